The van der Waals surface area contributed by atoms with Gasteiger partial charge in [-0.2, -0.15) is 0 Å². The van der Waals surface area contributed by atoms with E-state index in [1.54, 1.807) is 6.20 Å². The van der Waals surface area contributed by atoms with Gasteiger partial charge in [-0.25, -0.2) is 4.98 Å². The lowest BCUT2D eigenvalue weighted by atomic mass is 9.92. The molecule has 1 aliphatic rings. The summed E-state index contributed by atoms with van der Waals surface area (Å²) >= 11 is 0. The maximum absolute atomic E-state index is 6.04. The van der Waals surface area contributed by atoms with E-state index < -0.39 is 0 Å². The lowest BCUT2D eigenvalue weighted by molar-refractivity contribution is 0.0616. The van der Waals surface area contributed by atoms with Crippen LogP contribution in [0.4, 0.5) is 0 Å². The van der Waals surface area contributed by atoms with Gasteiger partial charge in [0.1, 0.15) is 5.82 Å². The molecule has 1 aromatic heterocycles. The molecule has 0 bridgehead atoms. The van der Waals surface area contributed by atoms with Gasteiger partial charge in [-0.3, -0.25) is 0 Å². The molecular weight excluding hydrogens is 178 g/mol. The molecule has 0 amide bonds. The Bertz CT molecular complexity index is 254. The number of hydrogen-bond acceptors (Lipinski definition) is 3. The van der Waals surface area contributed by atoms with Gasteiger partial charge in [-0.1, -0.05) is 0 Å². The molecule has 4 heteroatoms. The number of hydrogen-bond donors (Lipinski definition) is 2. The number of rotatable bonds is 3. The SMILES string of the molecule is NC(CC1CCOCC1)c1ncc[nH]1. The number of ether oxygens (including phenoxy) is 1. The molecule has 0 aliphatic carbocycles. The normalized spacial score (nSPS) is 20.9. The third kappa shape index (κ3) is 2.33. The monoisotopic (exact) mass is 195 g/mol. The van der Waals surface area contributed by atoms with Crippen molar-refractivity contribution in [1.82, 2.24) is 9.97 Å². The van der Waals surface area contributed by atoms with Crippen LogP contribution in [0, 0.1) is 5.92 Å². The number of nitrogens with two attached hydrogens (primary N) is 1. The molecule has 1 aromatic rings. The topological polar surface area (TPSA) is 63.9 Å². The van der Waals surface area contributed by atoms with Crippen molar-refractivity contribution in [2.45, 2.75) is 25.3 Å². The average Bonchev–Trinajstić information content (AvgIpc) is 2.72. The number of aromatic amines is 1. The summed E-state index contributed by atoms with van der Waals surface area (Å²) in [6.07, 6.45) is 6.85. The van der Waals surface area contributed by atoms with E-state index >= 15 is 0 Å². The van der Waals surface area contributed by atoms with Crippen LogP contribution in [0.15, 0.2) is 12.4 Å². The third-order valence-corrected chi connectivity index (χ3v) is 2.80. The highest BCUT2D eigenvalue weighted by Gasteiger charge is 2.18. The van der Waals surface area contributed by atoms with Crippen LogP contribution in [-0.4, -0.2) is 23.2 Å². The first-order valence-electron chi connectivity index (χ1n) is 5.19. The van der Waals surface area contributed by atoms with Crippen molar-refractivity contribution in [3.05, 3.63) is 18.2 Å². The molecule has 1 atom stereocenters. The summed E-state index contributed by atoms with van der Waals surface area (Å²) in [5.74, 6) is 1.60. The molecule has 1 fully saturated rings. The van der Waals surface area contributed by atoms with Crippen LogP contribution >= 0.6 is 0 Å². The van der Waals surface area contributed by atoms with Crippen LogP contribution in [-0.2, 0) is 4.74 Å². The second-order valence-electron chi connectivity index (χ2n) is 3.87. The van der Waals surface area contributed by atoms with Crippen LogP contribution < -0.4 is 5.73 Å². The second kappa shape index (κ2) is 4.57. The Hall–Kier alpha value is -0.870. The van der Waals surface area contributed by atoms with Gasteiger partial charge < -0.3 is 15.5 Å². The van der Waals surface area contributed by atoms with Gasteiger partial charge in [-0.05, 0) is 25.2 Å². The lowest BCUT2D eigenvalue weighted by Crippen LogP contribution is -2.22. The Morgan fingerprint density at radius 2 is 2.36 bits per heavy atom. The van der Waals surface area contributed by atoms with E-state index in [1.807, 2.05) is 6.20 Å². The molecule has 1 aliphatic heterocycles. The van der Waals surface area contributed by atoms with Gasteiger partial charge in [0.05, 0.1) is 6.04 Å². The highest BCUT2D eigenvalue weighted by atomic mass is 16.5. The maximum atomic E-state index is 6.04. The Labute approximate surface area is 83.9 Å². The minimum atomic E-state index is 0.0492. The van der Waals surface area contributed by atoms with Gasteiger partial charge in [0, 0.05) is 25.6 Å². The van der Waals surface area contributed by atoms with E-state index in [-0.39, 0.29) is 6.04 Å². The van der Waals surface area contributed by atoms with E-state index in [0.29, 0.717) is 5.92 Å². The number of nitrogens with zero attached hydrogens (tertiary/aromatic N) is 1. The van der Waals surface area contributed by atoms with E-state index in [2.05, 4.69) is 9.97 Å². The summed E-state index contributed by atoms with van der Waals surface area (Å²) in [4.78, 5) is 7.23. The third-order valence-electron chi connectivity index (χ3n) is 2.80. The molecule has 1 saturated heterocycles. The molecule has 0 radical (unpaired) electrons. The average molecular weight is 195 g/mol. The Kier molecular flexibility index (Phi) is 3.16. The van der Waals surface area contributed by atoms with Gasteiger partial charge >= 0.3 is 0 Å². The first kappa shape index (κ1) is 9.68. The fourth-order valence-electron chi connectivity index (χ4n) is 1.93. The standard InChI is InChI=1S/C10H17N3O/c11-9(10-12-3-4-13-10)7-8-1-5-14-6-2-8/h3-4,8-9H,1-2,5-7,11H2,(H,12,13). The van der Waals surface area contributed by atoms with E-state index in [9.17, 15) is 0 Å². The van der Waals surface area contributed by atoms with Gasteiger partial charge in [-0.15, -0.1) is 0 Å². The molecule has 14 heavy (non-hydrogen) atoms. The molecular formula is C10H17N3O. The Morgan fingerprint density at radius 3 is 3.00 bits per heavy atom. The summed E-state index contributed by atoms with van der Waals surface area (Å²) in [5, 5.41) is 0. The van der Waals surface area contributed by atoms with Crippen molar-refractivity contribution in [3.8, 4) is 0 Å². The predicted molar refractivity (Wildman–Crippen MR) is 53.7 cm³/mol. The molecule has 1 unspecified atom stereocenters. The van der Waals surface area contributed by atoms with Gasteiger partial charge in [0.2, 0.25) is 0 Å². The minimum Gasteiger partial charge on any atom is -0.381 e. The van der Waals surface area contributed by atoms with Crippen LogP contribution in [0.1, 0.15) is 31.1 Å². The molecule has 0 aromatic carbocycles. The zero-order valence-corrected chi connectivity index (χ0v) is 8.28. The predicted octanol–water partition coefficient (Wildman–Crippen LogP) is 1.23. The second-order valence-corrected chi connectivity index (χ2v) is 3.87. The van der Waals surface area contributed by atoms with E-state index in [0.717, 1.165) is 38.3 Å². The summed E-state index contributed by atoms with van der Waals surface area (Å²) in [7, 11) is 0. The van der Waals surface area contributed by atoms with Crippen molar-refractivity contribution in [3.63, 3.8) is 0 Å². The molecule has 3 N–H and O–H groups in total. The van der Waals surface area contributed by atoms with Crippen molar-refractivity contribution in [2.75, 3.05) is 13.2 Å². The number of H-pyrrole nitrogens is 1. The molecule has 2 heterocycles. The van der Waals surface area contributed by atoms with Crippen molar-refractivity contribution < 1.29 is 4.74 Å². The van der Waals surface area contributed by atoms with E-state index in [4.69, 9.17) is 10.5 Å². The number of aromatic nitrogens is 2. The van der Waals surface area contributed by atoms with Crippen LogP contribution in [0.25, 0.3) is 0 Å². The van der Waals surface area contributed by atoms with Gasteiger partial charge in [0.15, 0.2) is 0 Å². The highest BCUT2D eigenvalue weighted by molar-refractivity contribution is 4.94. The van der Waals surface area contributed by atoms with Crippen molar-refractivity contribution >= 4 is 0 Å². The van der Waals surface area contributed by atoms with Crippen molar-refractivity contribution in [1.29, 1.82) is 0 Å². The first-order chi connectivity index (χ1) is 6.86. The molecule has 2 rings (SSSR count). The zero-order valence-electron chi connectivity index (χ0n) is 8.28. The van der Waals surface area contributed by atoms with Crippen LogP contribution in [0.2, 0.25) is 0 Å². The summed E-state index contributed by atoms with van der Waals surface area (Å²) in [6, 6.07) is 0.0492. The minimum absolute atomic E-state index is 0.0492. The molecule has 0 spiro atoms. The summed E-state index contributed by atoms with van der Waals surface area (Å²) < 4.78 is 5.31. The molecule has 78 valence electrons. The molecule has 0 saturated carbocycles. The Balaban J connectivity index is 1.84. The van der Waals surface area contributed by atoms with E-state index in [1.165, 1.54) is 0 Å². The van der Waals surface area contributed by atoms with Crippen LogP contribution in [0.3, 0.4) is 0 Å². The lowest BCUT2D eigenvalue weighted by Gasteiger charge is -2.23. The number of imidazole rings is 1. The first-order valence-corrected chi connectivity index (χ1v) is 5.19. The highest BCUT2D eigenvalue weighted by Crippen LogP contribution is 2.24. The van der Waals surface area contributed by atoms with Crippen molar-refractivity contribution in [2.24, 2.45) is 11.7 Å². The summed E-state index contributed by atoms with van der Waals surface area (Å²) in [5.41, 5.74) is 6.04. The summed E-state index contributed by atoms with van der Waals surface area (Å²) in [6.45, 7) is 1.77. The van der Waals surface area contributed by atoms with Gasteiger partial charge in [0.25, 0.3) is 0 Å². The van der Waals surface area contributed by atoms with Crippen LogP contribution in [0.5, 0.6) is 0 Å². The molecule has 4 nitrogen and oxygen atoms in total. The zero-order chi connectivity index (χ0) is 9.80. The maximum Gasteiger partial charge on any atom is 0.123 e. The number of nitrogens with one attached hydrogen (secondary N) is 1. The largest absolute Gasteiger partial charge is 0.381 e. The smallest absolute Gasteiger partial charge is 0.123 e. The fourth-order valence-corrected chi connectivity index (χ4v) is 1.93. The quantitative estimate of drug-likeness (QED) is 0.762. The fraction of sp³-hybridized carbons (Fsp3) is 0.700. The Morgan fingerprint density at radius 1 is 1.57 bits per heavy atom.